The van der Waals surface area contributed by atoms with Crippen molar-refractivity contribution in [2.24, 2.45) is 0 Å². The van der Waals surface area contributed by atoms with Gasteiger partial charge in [0.2, 0.25) is 0 Å². The number of para-hydroxylation sites is 1. The van der Waals surface area contributed by atoms with Crippen LogP contribution in [0.3, 0.4) is 0 Å². The minimum absolute atomic E-state index is 0.287. The summed E-state index contributed by atoms with van der Waals surface area (Å²) in [6, 6.07) is 6.73. The lowest BCUT2D eigenvalue weighted by Crippen LogP contribution is -2.61. The number of nitrogens with zero attached hydrogens (tertiary/aromatic N) is 1. The maximum absolute atomic E-state index is 14.4. The molecule has 0 radical (unpaired) electrons. The predicted molar refractivity (Wildman–Crippen MR) is 108 cm³/mol. The zero-order valence-corrected chi connectivity index (χ0v) is 17.5. The molecule has 3 rings (SSSR count). The van der Waals surface area contributed by atoms with Crippen molar-refractivity contribution in [3.8, 4) is 0 Å². The Hall–Kier alpha value is -1.76. The third-order valence-corrected chi connectivity index (χ3v) is 6.19. The van der Waals surface area contributed by atoms with Gasteiger partial charge in [-0.3, -0.25) is 0 Å². The fraction of sp³-hybridized carbons (Fsp3) is 0.429. The molecule has 1 heterocycles. The maximum Gasteiger partial charge on any atom is 0.324 e. The van der Waals surface area contributed by atoms with Gasteiger partial charge in [-0.15, -0.1) is 0 Å². The fourth-order valence-corrected chi connectivity index (χ4v) is 4.93. The zero-order valence-electron chi connectivity index (χ0n) is 16.7. The van der Waals surface area contributed by atoms with Gasteiger partial charge in [0.25, 0.3) is 0 Å². The molecule has 0 unspecified atom stereocenters. The van der Waals surface area contributed by atoms with Crippen LogP contribution in [0.4, 0.5) is 27.6 Å². The monoisotopic (exact) mass is 429 g/mol. The quantitative estimate of drug-likeness (QED) is 0.278. The summed E-state index contributed by atoms with van der Waals surface area (Å²) in [6.45, 7) is 8.25. The van der Waals surface area contributed by atoms with Crippen LogP contribution in [0, 0.1) is 29.1 Å². The minimum Gasteiger partial charge on any atom is -0.362 e. The van der Waals surface area contributed by atoms with Crippen LogP contribution in [0.2, 0.25) is 0 Å². The van der Waals surface area contributed by atoms with Crippen LogP contribution in [-0.2, 0) is 0 Å². The van der Waals surface area contributed by atoms with Crippen molar-refractivity contribution >= 4 is 34.2 Å². The molecule has 0 aliphatic carbocycles. The van der Waals surface area contributed by atoms with E-state index in [0.717, 1.165) is 19.3 Å². The van der Waals surface area contributed by atoms with Crippen LogP contribution >= 0.6 is 11.5 Å². The Bertz CT molecular complexity index is 902. The van der Waals surface area contributed by atoms with Gasteiger partial charge in [-0.1, -0.05) is 18.2 Å². The maximum atomic E-state index is 14.4. The highest BCUT2D eigenvalue weighted by Crippen LogP contribution is 2.41. The number of anilines is 1. The Morgan fingerprint density at radius 3 is 1.76 bits per heavy atom. The highest BCUT2D eigenvalue weighted by atomic mass is 35.5. The molecule has 0 atom stereocenters. The molecule has 1 saturated heterocycles. The predicted octanol–water partition coefficient (Wildman–Crippen LogP) is 5.27. The summed E-state index contributed by atoms with van der Waals surface area (Å²) in [7, 11) is 0. The lowest BCUT2D eigenvalue weighted by molar-refractivity contribution is 0.244. The third kappa shape index (κ3) is 3.62. The summed E-state index contributed by atoms with van der Waals surface area (Å²) >= 11 is 6.39. The van der Waals surface area contributed by atoms with Crippen LogP contribution in [0.25, 0.3) is 0 Å². The van der Waals surface area contributed by atoms with E-state index in [1.54, 1.807) is 24.3 Å². The smallest absolute Gasteiger partial charge is 0.324 e. The Balaban J connectivity index is 2.21. The van der Waals surface area contributed by atoms with Gasteiger partial charge in [-0.05, 0) is 58.5 Å². The second-order valence-corrected chi connectivity index (χ2v) is 9.16. The van der Waals surface area contributed by atoms with Gasteiger partial charge in [0.1, 0.15) is 0 Å². The Labute approximate surface area is 172 Å². The lowest BCUT2D eigenvalue weighted by Gasteiger charge is -2.55. The fourth-order valence-electron chi connectivity index (χ4n) is 4.55. The molecule has 2 aromatic carbocycles. The molecule has 0 bridgehead atoms. The molecule has 0 aromatic heterocycles. The van der Waals surface area contributed by atoms with Crippen molar-refractivity contribution in [2.75, 3.05) is 4.90 Å². The second kappa shape index (κ2) is 7.49. The van der Waals surface area contributed by atoms with Gasteiger partial charge >= 0.3 is 6.13 Å². The number of benzene rings is 2. The molecule has 1 aliphatic rings. The molecule has 1 nitrogen and oxygen atoms in total. The van der Waals surface area contributed by atoms with E-state index in [9.17, 15) is 22.0 Å². The molecule has 156 valence electrons. The van der Waals surface area contributed by atoms with Gasteiger partial charge in [-0.25, -0.2) is 22.0 Å². The van der Waals surface area contributed by atoms with Crippen LogP contribution < -0.4 is 15.8 Å². The van der Waals surface area contributed by atoms with Crippen LogP contribution in [0.5, 0.6) is 0 Å². The average molecular weight is 430 g/mol. The van der Waals surface area contributed by atoms with E-state index in [2.05, 4.69) is 32.6 Å². The molecule has 1 aliphatic heterocycles. The molecule has 0 spiro atoms. The molecular weight excluding hydrogens is 407 g/mol. The number of halogens is 6. The van der Waals surface area contributed by atoms with Gasteiger partial charge in [0.05, 0.1) is 0 Å². The molecule has 29 heavy (non-hydrogen) atoms. The van der Waals surface area contributed by atoms with Crippen LogP contribution in [0.15, 0.2) is 24.3 Å². The number of hydrogen-bond acceptors (Lipinski definition) is 1. The Morgan fingerprint density at radius 2 is 1.24 bits per heavy atom. The normalized spacial score (nSPS) is 18.1. The zero-order chi connectivity index (χ0) is 21.7. The Kier molecular flexibility index (Phi) is 5.67. The highest BCUT2D eigenvalue weighted by molar-refractivity contribution is 7.21. The largest absolute Gasteiger partial charge is 0.362 e. The average Bonchev–Trinajstić information content (AvgIpc) is 2.64. The van der Waals surface area contributed by atoms with Gasteiger partial charge in [0.15, 0.2) is 29.1 Å². The summed E-state index contributed by atoms with van der Waals surface area (Å²) in [5.74, 6) is -10.0. The van der Waals surface area contributed by atoms with Crippen molar-refractivity contribution in [1.82, 2.24) is 0 Å². The summed E-state index contributed by atoms with van der Waals surface area (Å²) in [4.78, 5) is 2.14. The first-order valence-corrected chi connectivity index (χ1v) is 9.88. The van der Waals surface area contributed by atoms with E-state index in [0.29, 0.717) is 11.2 Å². The highest BCUT2D eigenvalue weighted by Gasteiger charge is 2.43. The summed E-state index contributed by atoms with van der Waals surface area (Å²) in [6.07, 6.45) is 1.24. The molecule has 1 fully saturated rings. The SMILES string of the molecule is CC1(C)CCCC(C)(C)N1c1ccccc1B(Cl)c1c(F)c(F)c(F)c(F)c1F. The lowest BCUT2D eigenvalue weighted by atomic mass is 9.60. The molecule has 0 amide bonds. The third-order valence-electron chi connectivity index (χ3n) is 5.74. The Morgan fingerprint density at radius 1 is 0.793 bits per heavy atom. The van der Waals surface area contributed by atoms with Crippen molar-refractivity contribution in [3.05, 3.63) is 53.4 Å². The van der Waals surface area contributed by atoms with Crippen molar-refractivity contribution in [2.45, 2.75) is 58.0 Å². The first-order valence-electron chi connectivity index (χ1n) is 9.45. The first kappa shape index (κ1) is 21.9. The minimum atomic E-state index is -2.20. The molecule has 2 aromatic rings. The van der Waals surface area contributed by atoms with Gasteiger partial charge in [-0.2, -0.15) is 11.5 Å². The second-order valence-electron chi connectivity index (χ2n) is 8.72. The summed E-state index contributed by atoms with van der Waals surface area (Å²) in [5, 5.41) is 0. The van der Waals surface area contributed by atoms with E-state index in [-0.39, 0.29) is 11.1 Å². The molecule has 0 N–H and O–H groups in total. The van der Waals surface area contributed by atoms with E-state index < -0.39 is 40.7 Å². The van der Waals surface area contributed by atoms with Crippen molar-refractivity contribution in [1.29, 1.82) is 0 Å². The van der Waals surface area contributed by atoms with Crippen LogP contribution in [0.1, 0.15) is 47.0 Å². The summed E-state index contributed by atoms with van der Waals surface area (Å²) < 4.78 is 69.8. The van der Waals surface area contributed by atoms with E-state index >= 15 is 0 Å². The van der Waals surface area contributed by atoms with Gasteiger partial charge in [0, 0.05) is 22.2 Å². The van der Waals surface area contributed by atoms with Crippen LogP contribution in [-0.4, -0.2) is 17.2 Å². The van der Waals surface area contributed by atoms with E-state index in [1.165, 1.54) is 0 Å². The molecule has 8 heteroatoms. The van der Waals surface area contributed by atoms with Crippen molar-refractivity contribution in [3.63, 3.8) is 0 Å². The first-order chi connectivity index (χ1) is 13.4. The van der Waals surface area contributed by atoms with E-state index in [4.69, 9.17) is 11.5 Å². The molecule has 0 saturated carbocycles. The standard InChI is InChI=1S/C21H22BClF5N/c1-20(2)10-7-11-21(3,4)29(20)13-9-6-5-8-12(13)22(23)14-15(24)17(26)19(28)18(27)16(14)25/h5-6,8-9H,7,10-11H2,1-4H3. The number of hydrogen-bond donors (Lipinski definition) is 0. The number of rotatable bonds is 3. The molecular formula is C21H22BClF5N. The summed E-state index contributed by atoms with van der Waals surface area (Å²) in [5.41, 5.74) is -0.704. The number of piperidine rings is 1. The van der Waals surface area contributed by atoms with Gasteiger partial charge < -0.3 is 4.90 Å². The van der Waals surface area contributed by atoms with E-state index in [1.807, 2.05) is 0 Å². The topological polar surface area (TPSA) is 3.24 Å². The van der Waals surface area contributed by atoms with Crippen molar-refractivity contribution < 1.29 is 22.0 Å².